The highest BCUT2D eigenvalue weighted by molar-refractivity contribution is 5.65. The zero-order chi connectivity index (χ0) is 21.0. The molecule has 3 heterocycles. The number of rotatable bonds is 10. The summed E-state index contributed by atoms with van der Waals surface area (Å²) in [5.74, 6) is -2.52. The second-order valence-electron chi connectivity index (χ2n) is 7.15. The van der Waals surface area contributed by atoms with Crippen molar-refractivity contribution in [3.8, 4) is 0 Å². The van der Waals surface area contributed by atoms with Crippen LogP contribution in [0.15, 0.2) is 12.1 Å². The predicted molar refractivity (Wildman–Crippen MR) is 101 cm³/mol. The molecule has 1 fully saturated rings. The molecule has 1 aliphatic rings. The van der Waals surface area contributed by atoms with E-state index in [1.165, 1.54) is 12.1 Å². The van der Waals surface area contributed by atoms with Crippen molar-refractivity contribution < 1.29 is 28.1 Å². The summed E-state index contributed by atoms with van der Waals surface area (Å²) in [6.45, 7) is 4.91. The summed E-state index contributed by atoms with van der Waals surface area (Å²) < 4.78 is 47.1. The molecule has 3 N–H and O–H groups in total. The number of nitrogens with zero attached hydrogens (tertiary/aromatic N) is 3. The number of anilines is 1. The van der Waals surface area contributed by atoms with Gasteiger partial charge in [0.1, 0.15) is 23.4 Å². The van der Waals surface area contributed by atoms with E-state index in [-0.39, 0.29) is 23.6 Å². The summed E-state index contributed by atoms with van der Waals surface area (Å²) in [5.41, 5.74) is 5.85. The van der Waals surface area contributed by atoms with Crippen molar-refractivity contribution in [2.75, 3.05) is 25.6 Å². The van der Waals surface area contributed by atoms with Gasteiger partial charge in [-0.05, 0) is 25.0 Å². The highest BCUT2D eigenvalue weighted by Crippen LogP contribution is 2.42. The van der Waals surface area contributed by atoms with Crippen LogP contribution in [0.3, 0.4) is 0 Å². The zero-order valence-electron chi connectivity index (χ0n) is 16.7. The number of hydrogen-bond acceptors (Lipinski definition) is 7. The van der Waals surface area contributed by atoms with Crippen molar-refractivity contribution in [2.45, 2.75) is 63.7 Å². The zero-order valence-corrected chi connectivity index (χ0v) is 16.7. The van der Waals surface area contributed by atoms with Crippen LogP contribution in [0.4, 0.5) is 14.6 Å². The molecule has 29 heavy (non-hydrogen) atoms. The van der Waals surface area contributed by atoms with Crippen molar-refractivity contribution >= 4 is 11.3 Å². The normalized spacial score (nSPS) is 27.1. The molecule has 0 radical (unpaired) electrons. The Bertz CT molecular complexity index is 821. The summed E-state index contributed by atoms with van der Waals surface area (Å²) in [4.78, 5) is 3.44. The number of nitrogen functional groups attached to an aromatic ring is 1. The quantitative estimate of drug-likeness (QED) is 0.575. The Kier molecular flexibility index (Phi) is 6.99. The second-order valence-corrected chi connectivity index (χ2v) is 7.15. The molecule has 8 nitrogen and oxygen atoms in total. The van der Waals surface area contributed by atoms with Gasteiger partial charge >= 0.3 is 6.08 Å². The summed E-state index contributed by atoms with van der Waals surface area (Å²) in [5, 5.41) is 14.7. The van der Waals surface area contributed by atoms with Gasteiger partial charge in [-0.3, -0.25) is 0 Å². The largest absolute Gasteiger partial charge is 0.382 e. The van der Waals surface area contributed by atoms with E-state index in [2.05, 4.69) is 10.1 Å². The van der Waals surface area contributed by atoms with E-state index < -0.39 is 30.2 Å². The van der Waals surface area contributed by atoms with E-state index in [1.54, 1.807) is 0 Å². The van der Waals surface area contributed by atoms with Gasteiger partial charge in [0.25, 0.3) is 0 Å². The third-order valence-electron chi connectivity index (χ3n) is 4.97. The van der Waals surface area contributed by atoms with Crippen molar-refractivity contribution in [3.05, 3.63) is 23.9 Å². The van der Waals surface area contributed by atoms with E-state index in [0.29, 0.717) is 13.2 Å². The Balaban J connectivity index is 1.89. The van der Waals surface area contributed by atoms with Crippen molar-refractivity contribution in [1.29, 1.82) is 0 Å². The summed E-state index contributed by atoms with van der Waals surface area (Å²) in [7, 11) is 0. The number of hydrogen-bond donors (Lipinski definition) is 2. The van der Waals surface area contributed by atoms with E-state index in [4.69, 9.17) is 19.9 Å². The first-order valence-corrected chi connectivity index (χ1v) is 9.97. The van der Waals surface area contributed by atoms with Crippen LogP contribution < -0.4 is 5.73 Å². The first-order chi connectivity index (χ1) is 13.9. The van der Waals surface area contributed by atoms with Gasteiger partial charge < -0.3 is 25.1 Å². The molecule has 1 aliphatic heterocycles. The number of aliphatic hydroxyl groups is 1. The summed E-state index contributed by atoms with van der Waals surface area (Å²) in [6, 6.07) is 2.85. The van der Waals surface area contributed by atoms with E-state index >= 15 is 4.39 Å². The van der Waals surface area contributed by atoms with Crippen LogP contribution in [-0.2, 0) is 20.0 Å². The molecular formula is C19H28F2N4O4. The minimum atomic E-state index is -2.39. The molecule has 1 saturated heterocycles. The number of alkyl halides is 1. The Morgan fingerprint density at radius 1 is 1.28 bits per heavy atom. The fourth-order valence-corrected chi connectivity index (χ4v) is 3.37. The molecule has 0 bridgehead atoms. The fraction of sp³-hybridized carbons (Fsp3) is 0.684. The predicted octanol–water partition coefficient (Wildman–Crippen LogP) is 2.33. The summed E-state index contributed by atoms with van der Waals surface area (Å²) in [6.07, 6.45) is -1.46. The van der Waals surface area contributed by atoms with Gasteiger partial charge in [0.2, 0.25) is 5.79 Å². The number of fused-ring (bicyclic) bond motifs is 1. The van der Waals surface area contributed by atoms with Gasteiger partial charge in [-0.2, -0.15) is 9.37 Å². The maximum atomic E-state index is 15.4. The maximum absolute atomic E-state index is 15.4. The van der Waals surface area contributed by atoms with E-state index in [1.807, 2.05) is 13.8 Å². The van der Waals surface area contributed by atoms with Gasteiger partial charge in [-0.1, -0.05) is 26.7 Å². The van der Waals surface area contributed by atoms with Gasteiger partial charge in [0.15, 0.2) is 12.0 Å². The van der Waals surface area contributed by atoms with Crippen LogP contribution in [-0.4, -0.2) is 57.9 Å². The first kappa shape index (κ1) is 21.8. The van der Waals surface area contributed by atoms with Gasteiger partial charge in [-0.15, -0.1) is 5.10 Å². The number of halogens is 2. The van der Waals surface area contributed by atoms with E-state index in [9.17, 15) is 9.50 Å². The molecule has 1 unspecified atom stereocenters. The lowest BCUT2D eigenvalue weighted by Crippen LogP contribution is -2.40. The number of aromatic nitrogens is 3. The standard InChI is InChI=1S/C19H28F2N4O4/c1-3-5-9-27-11-13-15(28-10-6-4-2)16(20)19(26,29-13)14-8-7-12-17(22)23-18(21)24-25(12)14/h7-8,13,15-16,26H,3-6,9-11H2,1-2H3,(H2,22,23,24)/t13-,15-,16-,19?/m1/s1. The van der Waals surface area contributed by atoms with Gasteiger partial charge in [0, 0.05) is 13.2 Å². The third kappa shape index (κ3) is 4.35. The molecular weight excluding hydrogens is 386 g/mol. The Hall–Kier alpha value is -1.88. The first-order valence-electron chi connectivity index (χ1n) is 9.97. The van der Waals surface area contributed by atoms with Gasteiger partial charge in [-0.25, -0.2) is 8.91 Å². The SMILES string of the molecule is CCCCOC[C@H]1OC(O)(c2ccc3c(N)nc(F)nn23)[C@H](F)[C@@H]1OCCCC. The van der Waals surface area contributed by atoms with Crippen LogP contribution in [0.2, 0.25) is 0 Å². The molecule has 10 heteroatoms. The minimum absolute atomic E-state index is 0.0638. The molecule has 0 aromatic carbocycles. The lowest BCUT2D eigenvalue weighted by atomic mass is 10.0. The number of unbranched alkanes of at least 4 members (excludes halogenated alkanes) is 2. The molecule has 162 valence electrons. The molecule has 3 rings (SSSR count). The van der Waals surface area contributed by atoms with Gasteiger partial charge in [0.05, 0.1) is 6.61 Å². The maximum Gasteiger partial charge on any atom is 0.327 e. The molecule has 2 aromatic heterocycles. The van der Waals surface area contributed by atoms with Crippen LogP contribution >= 0.6 is 0 Å². The highest BCUT2D eigenvalue weighted by atomic mass is 19.1. The average molecular weight is 414 g/mol. The smallest absolute Gasteiger partial charge is 0.327 e. The van der Waals surface area contributed by atoms with Crippen LogP contribution in [0, 0.1) is 6.08 Å². The fourth-order valence-electron chi connectivity index (χ4n) is 3.37. The summed E-state index contributed by atoms with van der Waals surface area (Å²) >= 11 is 0. The van der Waals surface area contributed by atoms with Crippen LogP contribution in [0.1, 0.15) is 45.2 Å². The third-order valence-corrected chi connectivity index (χ3v) is 4.97. The Labute approximate surface area is 168 Å². The number of ether oxygens (including phenoxy) is 3. The van der Waals surface area contributed by atoms with Crippen LogP contribution in [0.5, 0.6) is 0 Å². The lowest BCUT2D eigenvalue weighted by molar-refractivity contribution is -0.232. The lowest BCUT2D eigenvalue weighted by Gasteiger charge is -2.24. The monoisotopic (exact) mass is 414 g/mol. The van der Waals surface area contributed by atoms with E-state index in [0.717, 1.165) is 30.2 Å². The number of nitrogens with two attached hydrogens (primary N) is 1. The Morgan fingerprint density at radius 3 is 2.72 bits per heavy atom. The Morgan fingerprint density at radius 2 is 2.00 bits per heavy atom. The molecule has 0 amide bonds. The van der Waals surface area contributed by atoms with Crippen molar-refractivity contribution in [1.82, 2.24) is 14.6 Å². The topological polar surface area (TPSA) is 104 Å². The van der Waals surface area contributed by atoms with Crippen LogP contribution in [0.25, 0.3) is 5.52 Å². The molecule has 4 atom stereocenters. The van der Waals surface area contributed by atoms with Crippen molar-refractivity contribution in [3.63, 3.8) is 0 Å². The molecule has 0 saturated carbocycles. The average Bonchev–Trinajstić information content (AvgIpc) is 3.21. The molecule has 0 aliphatic carbocycles. The second kappa shape index (κ2) is 9.29. The minimum Gasteiger partial charge on any atom is -0.382 e. The highest BCUT2D eigenvalue weighted by Gasteiger charge is 2.58. The van der Waals surface area contributed by atoms with Crippen molar-refractivity contribution in [2.24, 2.45) is 0 Å². The molecule has 0 spiro atoms. The molecule has 2 aromatic rings.